The molecule has 2 aliphatic rings. The lowest BCUT2D eigenvalue weighted by molar-refractivity contribution is -0.125. The second kappa shape index (κ2) is 9.86. The fraction of sp³-hybridized carbons (Fsp3) is 0.571. The third-order valence-corrected chi connectivity index (χ3v) is 5.73. The molecule has 0 N–H and O–H groups in total. The van der Waals surface area contributed by atoms with Crippen LogP contribution in [0.25, 0.3) is 0 Å². The van der Waals surface area contributed by atoms with Gasteiger partial charge in [-0.05, 0) is 25.0 Å². The summed E-state index contributed by atoms with van der Waals surface area (Å²) in [4.78, 5) is 42.5. The molecule has 4 amide bonds. The number of nitrogens with zero attached hydrogens (tertiary/aromatic N) is 3. The normalized spacial score (nSPS) is 17.4. The van der Waals surface area contributed by atoms with Crippen LogP contribution in [0.1, 0.15) is 23.2 Å². The van der Waals surface area contributed by atoms with Crippen molar-refractivity contribution in [3.8, 4) is 17.2 Å². The van der Waals surface area contributed by atoms with Crippen LogP contribution in [0.5, 0.6) is 17.2 Å². The zero-order valence-electron chi connectivity index (χ0n) is 18.4. The van der Waals surface area contributed by atoms with Gasteiger partial charge in [-0.3, -0.25) is 14.5 Å². The summed E-state index contributed by atoms with van der Waals surface area (Å²) in [7, 11) is 6.02. The van der Waals surface area contributed by atoms with Gasteiger partial charge in [-0.2, -0.15) is 0 Å². The number of benzene rings is 1. The maximum Gasteiger partial charge on any atom is 0.327 e. The lowest BCUT2D eigenvalue weighted by Gasteiger charge is -2.36. The number of methoxy groups -OCH3 is 4. The van der Waals surface area contributed by atoms with Crippen LogP contribution in [-0.2, 0) is 9.53 Å². The molecule has 0 spiro atoms. The predicted molar refractivity (Wildman–Crippen MR) is 111 cm³/mol. The van der Waals surface area contributed by atoms with Crippen LogP contribution in [0.3, 0.4) is 0 Å². The largest absolute Gasteiger partial charge is 0.493 e. The Morgan fingerprint density at radius 3 is 2.26 bits per heavy atom. The first-order chi connectivity index (χ1) is 15.0. The maximum absolute atomic E-state index is 13.2. The fourth-order valence-electron chi connectivity index (χ4n) is 4.07. The molecule has 3 rings (SSSR count). The number of likely N-dealkylation sites (tertiary alicyclic amines) is 1. The van der Waals surface area contributed by atoms with Crippen LogP contribution < -0.4 is 14.2 Å². The van der Waals surface area contributed by atoms with E-state index in [0.717, 1.165) is 0 Å². The highest BCUT2D eigenvalue weighted by atomic mass is 16.5. The van der Waals surface area contributed by atoms with E-state index in [1.54, 1.807) is 21.9 Å². The maximum atomic E-state index is 13.2. The molecule has 2 saturated heterocycles. The van der Waals surface area contributed by atoms with E-state index in [9.17, 15) is 14.4 Å². The number of carbonyl (C=O) groups is 3. The quantitative estimate of drug-likeness (QED) is 0.567. The third kappa shape index (κ3) is 4.39. The minimum Gasteiger partial charge on any atom is -0.493 e. The van der Waals surface area contributed by atoms with E-state index in [2.05, 4.69) is 0 Å². The van der Waals surface area contributed by atoms with Gasteiger partial charge in [0.2, 0.25) is 11.7 Å². The van der Waals surface area contributed by atoms with Crippen molar-refractivity contribution in [3.05, 3.63) is 17.7 Å². The zero-order valence-corrected chi connectivity index (χ0v) is 18.4. The molecular formula is C21H29N3O7. The first-order valence-corrected chi connectivity index (χ1v) is 10.1. The number of rotatable bonds is 8. The number of imide groups is 1. The highest BCUT2D eigenvalue weighted by Crippen LogP contribution is 2.40. The molecule has 1 aromatic rings. The molecule has 2 aliphatic heterocycles. The Morgan fingerprint density at radius 1 is 1.00 bits per heavy atom. The Labute approximate surface area is 181 Å². The summed E-state index contributed by atoms with van der Waals surface area (Å²) in [6.07, 6.45) is 1.19. The van der Waals surface area contributed by atoms with Crippen molar-refractivity contribution in [2.75, 3.05) is 61.2 Å². The zero-order chi connectivity index (χ0) is 22.5. The van der Waals surface area contributed by atoms with Crippen LogP contribution in [0.4, 0.5) is 4.79 Å². The minimum absolute atomic E-state index is 0.0741. The van der Waals surface area contributed by atoms with Crippen LogP contribution in [0, 0.1) is 0 Å². The van der Waals surface area contributed by atoms with Gasteiger partial charge in [0.15, 0.2) is 11.5 Å². The van der Waals surface area contributed by atoms with Crippen molar-refractivity contribution in [3.63, 3.8) is 0 Å². The number of ether oxygens (including phenoxy) is 4. The molecule has 0 aromatic heterocycles. The molecule has 0 aliphatic carbocycles. The first-order valence-electron chi connectivity index (χ1n) is 10.1. The van der Waals surface area contributed by atoms with Gasteiger partial charge in [0, 0.05) is 26.2 Å². The highest BCUT2D eigenvalue weighted by Gasteiger charge is 2.41. The smallest absolute Gasteiger partial charge is 0.327 e. The van der Waals surface area contributed by atoms with E-state index >= 15 is 0 Å². The van der Waals surface area contributed by atoms with Crippen molar-refractivity contribution in [2.45, 2.75) is 18.9 Å². The molecule has 10 heteroatoms. The van der Waals surface area contributed by atoms with Crippen LogP contribution >= 0.6 is 0 Å². The summed E-state index contributed by atoms with van der Waals surface area (Å²) in [5, 5.41) is 0. The molecule has 1 aromatic carbocycles. The average molecular weight is 435 g/mol. The topological polar surface area (TPSA) is 97.9 Å². The van der Waals surface area contributed by atoms with E-state index in [-0.39, 0.29) is 37.0 Å². The van der Waals surface area contributed by atoms with Crippen molar-refractivity contribution in [1.29, 1.82) is 0 Å². The molecule has 0 saturated carbocycles. The van der Waals surface area contributed by atoms with Gasteiger partial charge in [0.05, 0.1) is 40.0 Å². The molecule has 2 heterocycles. The molecule has 31 heavy (non-hydrogen) atoms. The summed E-state index contributed by atoms with van der Waals surface area (Å²) < 4.78 is 21.1. The lowest BCUT2D eigenvalue weighted by atomic mass is 10.0. The third-order valence-electron chi connectivity index (χ3n) is 5.73. The van der Waals surface area contributed by atoms with E-state index < -0.39 is 0 Å². The number of piperidine rings is 1. The van der Waals surface area contributed by atoms with E-state index in [4.69, 9.17) is 18.9 Å². The van der Waals surface area contributed by atoms with Crippen LogP contribution in [0.2, 0.25) is 0 Å². The fourth-order valence-corrected chi connectivity index (χ4v) is 4.07. The molecule has 10 nitrogen and oxygen atoms in total. The Hall–Kier alpha value is -3.01. The number of amides is 4. The predicted octanol–water partition coefficient (Wildman–Crippen LogP) is 1.23. The van der Waals surface area contributed by atoms with Crippen LogP contribution in [0.15, 0.2) is 12.1 Å². The van der Waals surface area contributed by atoms with Crippen molar-refractivity contribution < 1.29 is 33.3 Å². The average Bonchev–Trinajstić information content (AvgIpc) is 3.09. The minimum atomic E-state index is -0.284. The summed E-state index contributed by atoms with van der Waals surface area (Å²) >= 11 is 0. The van der Waals surface area contributed by atoms with Crippen molar-refractivity contribution in [2.24, 2.45) is 0 Å². The van der Waals surface area contributed by atoms with E-state index in [0.29, 0.717) is 55.4 Å². The van der Waals surface area contributed by atoms with Gasteiger partial charge in [-0.1, -0.05) is 0 Å². The van der Waals surface area contributed by atoms with Crippen LogP contribution in [-0.4, -0.2) is 99.8 Å². The standard InChI is InChI=1S/C21H29N3O7/c1-28-12-11-23-17(25)13-24(21(23)27)14-7-9-22(10-8-14)20(26)15-5-6-16(29-2)19(31-4)18(15)30-3/h5-6,14H,7-13H2,1-4H3. The molecule has 0 bridgehead atoms. The van der Waals surface area contributed by atoms with Gasteiger partial charge >= 0.3 is 6.03 Å². The summed E-state index contributed by atoms with van der Waals surface area (Å²) in [5.41, 5.74) is 0.386. The molecule has 0 atom stereocenters. The molecule has 2 fully saturated rings. The number of carbonyl (C=O) groups excluding carboxylic acids is 3. The van der Waals surface area contributed by atoms with E-state index in [1.807, 2.05) is 0 Å². The monoisotopic (exact) mass is 435 g/mol. The van der Waals surface area contributed by atoms with Crippen molar-refractivity contribution in [1.82, 2.24) is 14.7 Å². The lowest BCUT2D eigenvalue weighted by Crippen LogP contribution is -2.48. The number of urea groups is 1. The summed E-state index contributed by atoms with van der Waals surface area (Å²) in [6, 6.07) is 2.96. The molecule has 0 radical (unpaired) electrons. The van der Waals surface area contributed by atoms with Gasteiger partial charge in [-0.15, -0.1) is 0 Å². The van der Waals surface area contributed by atoms with Gasteiger partial charge in [-0.25, -0.2) is 4.79 Å². The van der Waals surface area contributed by atoms with Crippen molar-refractivity contribution >= 4 is 17.8 Å². The molecule has 0 unspecified atom stereocenters. The summed E-state index contributed by atoms with van der Waals surface area (Å²) in [6.45, 7) is 1.57. The highest BCUT2D eigenvalue weighted by molar-refractivity contribution is 6.02. The molecular weight excluding hydrogens is 406 g/mol. The first kappa shape index (κ1) is 22.7. The van der Waals surface area contributed by atoms with E-state index in [1.165, 1.54) is 33.3 Å². The SMILES string of the molecule is COCCN1C(=O)CN(C2CCN(C(=O)c3ccc(OC)c(OC)c3OC)CC2)C1=O. The number of hydrogen-bond acceptors (Lipinski definition) is 7. The Balaban J connectivity index is 1.67. The second-order valence-corrected chi connectivity index (χ2v) is 7.35. The van der Waals surface area contributed by atoms with Gasteiger partial charge < -0.3 is 28.7 Å². The Bertz CT molecular complexity index is 837. The van der Waals surface area contributed by atoms with Gasteiger partial charge in [0.25, 0.3) is 5.91 Å². The van der Waals surface area contributed by atoms with Gasteiger partial charge in [0.1, 0.15) is 6.54 Å². The molecule has 170 valence electrons. The summed E-state index contributed by atoms with van der Waals surface area (Å²) in [5.74, 6) is 0.772. The number of hydrogen-bond donors (Lipinski definition) is 0. The Morgan fingerprint density at radius 2 is 1.68 bits per heavy atom. The second-order valence-electron chi connectivity index (χ2n) is 7.35. The Kier molecular flexibility index (Phi) is 7.21.